The van der Waals surface area contributed by atoms with Gasteiger partial charge in [-0.15, -0.1) is 5.10 Å². The number of carbonyl (C=O) groups is 1. The topological polar surface area (TPSA) is 127 Å². The van der Waals surface area contributed by atoms with Crippen LogP contribution in [0.1, 0.15) is 21.9 Å². The largest absolute Gasteiger partial charge is 0.305 e. The quantitative estimate of drug-likeness (QED) is 0.330. The summed E-state index contributed by atoms with van der Waals surface area (Å²) in [4.78, 5) is 21.3. The average Bonchev–Trinajstić information content (AvgIpc) is 3.49. The molecule has 0 aliphatic rings. The number of halogens is 3. The second kappa shape index (κ2) is 9.79. The molecule has 0 fully saturated rings. The standard InChI is InChI=1S/C22H14Cl3N9O/c23-13-3-1-12(2-4-13)21-15(10-19-29-32-33-30-19)20(22(35)28-18-7-8-26-11-27-18)31-34(21)17-6-5-14(24)9-16(17)25/h1-9,11H,10H2,(H,26,27,28,35)(H,29,30,32,33). The van der Waals surface area contributed by atoms with E-state index in [4.69, 9.17) is 34.8 Å². The minimum absolute atomic E-state index is 0.135. The van der Waals surface area contributed by atoms with Crippen molar-refractivity contribution in [3.63, 3.8) is 0 Å². The van der Waals surface area contributed by atoms with Crippen LogP contribution in [0.15, 0.2) is 61.1 Å². The van der Waals surface area contributed by atoms with Crippen LogP contribution in [0.5, 0.6) is 0 Å². The lowest BCUT2D eigenvalue weighted by Crippen LogP contribution is -2.16. The third-order valence-electron chi connectivity index (χ3n) is 5.01. The maximum Gasteiger partial charge on any atom is 0.277 e. The molecular formula is C22H14Cl3N9O. The number of nitrogens with zero attached hydrogens (tertiary/aromatic N) is 7. The molecule has 1 amide bonds. The summed E-state index contributed by atoms with van der Waals surface area (Å²) in [5.41, 5.74) is 2.57. The van der Waals surface area contributed by atoms with Crippen LogP contribution in [0.4, 0.5) is 5.82 Å². The van der Waals surface area contributed by atoms with E-state index >= 15 is 0 Å². The number of amides is 1. The Morgan fingerprint density at radius 2 is 1.83 bits per heavy atom. The Morgan fingerprint density at radius 1 is 1.03 bits per heavy atom. The minimum Gasteiger partial charge on any atom is -0.305 e. The number of carbonyl (C=O) groups excluding carboxylic acids is 1. The lowest BCUT2D eigenvalue weighted by molar-refractivity contribution is 0.102. The summed E-state index contributed by atoms with van der Waals surface area (Å²) in [5, 5.41) is 22.8. The van der Waals surface area contributed by atoms with Crippen molar-refractivity contribution in [1.82, 2.24) is 40.4 Å². The number of tetrazole rings is 1. The number of hydrogen-bond donors (Lipinski definition) is 2. The Balaban J connectivity index is 1.73. The Morgan fingerprint density at radius 3 is 2.51 bits per heavy atom. The van der Waals surface area contributed by atoms with Crippen molar-refractivity contribution in [3.8, 4) is 16.9 Å². The molecule has 2 N–H and O–H groups in total. The molecule has 0 aliphatic heterocycles. The first-order valence-corrected chi connectivity index (χ1v) is 11.3. The number of hydrogen-bond acceptors (Lipinski definition) is 7. The van der Waals surface area contributed by atoms with Gasteiger partial charge in [0, 0.05) is 33.8 Å². The summed E-state index contributed by atoms with van der Waals surface area (Å²) in [5.74, 6) is 0.285. The lowest BCUT2D eigenvalue weighted by atomic mass is 10.0. The second-order valence-electron chi connectivity index (χ2n) is 7.26. The zero-order valence-electron chi connectivity index (χ0n) is 17.7. The summed E-state index contributed by atoms with van der Waals surface area (Å²) >= 11 is 18.8. The van der Waals surface area contributed by atoms with Gasteiger partial charge >= 0.3 is 0 Å². The number of aromatic amines is 1. The molecule has 0 aliphatic carbocycles. The number of aromatic nitrogens is 8. The van der Waals surface area contributed by atoms with Crippen molar-refractivity contribution >= 4 is 46.5 Å². The molecule has 0 spiro atoms. The fourth-order valence-electron chi connectivity index (χ4n) is 3.49. The minimum atomic E-state index is -0.481. The monoisotopic (exact) mass is 525 g/mol. The predicted octanol–water partition coefficient (Wildman–Crippen LogP) is 4.65. The van der Waals surface area contributed by atoms with Gasteiger partial charge in [0.1, 0.15) is 12.1 Å². The van der Waals surface area contributed by atoms with Crippen molar-refractivity contribution in [1.29, 1.82) is 0 Å². The van der Waals surface area contributed by atoms with Crippen molar-refractivity contribution in [2.75, 3.05) is 5.32 Å². The van der Waals surface area contributed by atoms with E-state index in [0.29, 0.717) is 43.7 Å². The molecule has 0 bridgehead atoms. The van der Waals surface area contributed by atoms with E-state index in [2.05, 4.69) is 41.0 Å². The van der Waals surface area contributed by atoms with Gasteiger partial charge in [-0.2, -0.15) is 5.10 Å². The highest BCUT2D eigenvalue weighted by molar-refractivity contribution is 6.35. The molecule has 174 valence electrons. The SMILES string of the molecule is O=C(Nc1ccncn1)c1nn(-c2ccc(Cl)cc2Cl)c(-c2ccc(Cl)cc2)c1Cc1nnn[nH]1. The van der Waals surface area contributed by atoms with Crippen LogP contribution in [-0.2, 0) is 6.42 Å². The molecule has 5 rings (SSSR count). The highest BCUT2D eigenvalue weighted by atomic mass is 35.5. The van der Waals surface area contributed by atoms with E-state index in [0.717, 1.165) is 5.56 Å². The van der Waals surface area contributed by atoms with Gasteiger partial charge in [0.2, 0.25) is 0 Å². The highest BCUT2D eigenvalue weighted by Crippen LogP contribution is 2.34. The summed E-state index contributed by atoms with van der Waals surface area (Å²) in [6.07, 6.45) is 3.04. The van der Waals surface area contributed by atoms with Gasteiger partial charge in [-0.25, -0.2) is 19.7 Å². The molecule has 0 atom stereocenters. The third-order valence-corrected chi connectivity index (χ3v) is 5.80. The number of nitrogens with one attached hydrogen (secondary N) is 2. The van der Waals surface area contributed by atoms with Crippen molar-refractivity contribution in [3.05, 3.63) is 93.2 Å². The second-order valence-corrected chi connectivity index (χ2v) is 8.54. The number of anilines is 1. The fourth-order valence-corrected chi connectivity index (χ4v) is 4.11. The molecule has 35 heavy (non-hydrogen) atoms. The van der Waals surface area contributed by atoms with E-state index in [1.54, 1.807) is 41.1 Å². The molecule has 0 saturated carbocycles. The maximum absolute atomic E-state index is 13.4. The lowest BCUT2D eigenvalue weighted by Gasteiger charge is -2.11. The molecule has 2 aromatic carbocycles. The van der Waals surface area contributed by atoms with Crippen LogP contribution >= 0.6 is 34.8 Å². The molecule has 0 unspecified atom stereocenters. The summed E-state index contributed by atoms with van der Waals surface area (Å²) in [6.45, 7) is 0. The van der Waals surface area contributed by atoms with Crippen molar-refractivity contribution in [2.45, 2.75) is 6.42 Å². The Labute approximate surface area is 213 Å². The first-order chi connectivity index (χ1) is 17.0. The summed E-state index contributed by atoms with van der Waals surface area (Å²) < 4.78 is 1.59. The van der Waals surface area contributed by atoms with E-state index in [9.17, 15) is 4.79 Å². The van der Waals surface area contributed by atoms with E-state index in [-0.39, 0.29) is 12.1 Å². The predicted molar refractivity (Wildman–Crippen MR) is 131 cm³/mol. The Kier molecular flexibility index (Phi) is 6.41. The fraction of sp³-hybridized carbons (Fsp3) is 0.0455. The number of benzene rings is 2. The zero-order valence-corrected chi connectivity index (χ0v) is 19.9. The highest BCUT2D eigenvalue weighted by Gasteiger charge is 2.27. The van der Waals surface area contributed by atoms with E-state index in [1.807, 2.05) is 12.1 Å². The third kappa shape index (κ3) is 4.85. The van der Waals surface area contributed by atoms with E-state index in [1.165, 1.54) is 12.5 Å². The Hall–Kier alpha value is -3.86. The van der Waals surface area contributed by atoms with Gasteiger partial charge in [-0.05, 0) is 46.8 Å². The van der Waals surface area contributed by atoms with Crippen LogP contribution < -0.4 is 5.32 Å². The van der Waals surface area contributed by atoms with Crippen LogP contribution in [0.25, 0.3) is 16.9 Å². The Bertz CT molecular complexity index is 1490. The maximum atomic E-state index is 13.4. The first-order valence-electron chi connectivity index (χ1n) is 10.1. The molecule has 3 aromatic heterocycles. The van der Waals surface area contributed by atoms with Gasteiger partial charge in [0.05, 0.1) is 16.4 Å². The average molecular weight is 527 g/mol. The van der Waals surface area contributed by atoms with Crippen LogP contribution in [0.3, 0.4) is 0 Å². The van der Waals surface area contributed by atoms with Crippen molar-refractivity contribution < 1.29 is 4.79 Å². The van der Waals surface area contributed by atoms with Gasteiger partial charge in [0.25, 0.3) is 5.91 Å². The van der Waals surface area contributed by atoms with E-state index < -0.39 is 5.91 Å². The normalized spacial score (nSPS) is 10.9. The number of H-pyrrole nitrogens is 1. The van der Waals surface area contributed by atoms with Gasteiger partial charge in [-0.1, -0.05) is 46.9 Å². The van der Waals surface area contributed by atoms with Gasteiger partial charge < -0.3 is 5.32 Å². The van der Waals surface area contributed by atoms with Crippen LogP contribution in [-0.4, -0.2) is 46.3 Å². The van der Waals surface area contributed by atoms with Gasteiger partial charge in [0.15, 0.2) is 11.5 Å². The van der Waals surface area contributed by atoms with Gasteiger partial charge in [-0.3, -0.25) is 4.79 Å². The molecule has 0 radical (unpaired) electrons. The van der Waals surface area contributed by atoms with Crippen molar-refractivity contribution in [2.24, 2.45) is 0 Å². The number of rotatable bonds is 6. The molecule has 13 heteroatoms. The van der Waals surface area contributed by atoms with Crippen LogP contribution in [0.2, 0.25) is 15.1 Å². The molecule has 0 saturated heterocycles. The zero-order chi connectivity index (χ0) is 24.4. The molecule has 3 heterocycles. The molecular weight excluding hydrogens is 513 g/mol. The first kappa shape index (κ1) is 22.9. The summed E-state index contributed by atoms with van der Waals surface area (Å²) in [7, 11) is 0. The summed E-state index contributed by atoms with van der Waals surface area (Å²) in [6, 6.07) is 13.7. The smallest absolute Gasteiger partial charge is 0.277 e. The van der Waals surface area contributed by atoms with Crippen LogP contribution in [0, 0.1) is 0 Å². The molecule has 5 aromatic rings. The molecule has 10 nitrogen and oxygen atoms in total.